The lowest BCUT2D eigenvalue weighted by atomic mass is 10.1. The standard InChI is InChI=1S/C16H24N2O/c1-12(17)11-13-5-7-14(8-6-13)18-9-10-19-16-4-2-3-15(16)18/h5-8,12,15-16H,2-4,9-11,17H2,1H3. The van der Waals surface area contributed by atoms with Crippen LogP contribution in [0.1, 0.15) is 31.7 Å². The number of nitrogens with two attached hydrogens (primary N) is 1. The summed E-state index contributed by atoms with van der Waals surface area (Å²) in [6.07, 6.45) is 5.21. The van der Waals surface area contributed by atoms with Crippen molar-refractivity contribution < 1.29 is 4.74 Å². The van der Waals surface area contributed by atoms with Crippen molar-refractivity contribution >= 4 is 5.69 Å². The zero-order chi connectivity index (χ0) is 13.2. The van der Waals surface area contributed by atoms with E-state index in [2.05, 4.69) is 36.1 Å². The van der Waals surface area contributed by atoms with Crippen LogP contribution in [-0.2, 0) is 11.2 Å². The summed E-state index contributed by atoms with van der Waals surface area (Å²) in [6.45, 7) is 3.94. The molecule has 0 aromatic heterocycles. The Bertz CT molecular complexity index is 415. The molecule has 0 spiro atoms. The van der Waals surface area contributed by atoms with Crippen LogP contribution in [0, 0.1) is 0 Å². The summed E-state index contributed by atoms with van der Waals surface area (Å²) in [4.78, 5) is 2.54. The highest BCUT2D eigenvalue weighted by atomic mass is 16.5. The third-order valence-corrected chi connectivity index (χ3v) is 4.31. The van der Waals surface area contributed by atoms with Gasteiger partial charge in [-0.3, -0.25) is 0 Å². The summed E-state index contributed by atoms with van der Waals surface area (Å²) in [5.74, 6) is 0. The molecular weight excluding hydrogens is 236 g/mol. The fourth-order valence-corrected chi connectivity index (χ4v) is 3.44. The van der Waals surface area contributed by atoms with Crippen LogP contribution in [0.15, 0.2) is 24.3 Å². The Morgan fingerprint density at radius 3 is 2.84 bits per heavy atom. The van der Waals surface area contributed by atoms with Gasteiger partial charge in [-0.05, 0) is 50.3 Å². The van der Waals surface area contributed by atoms with Gasteiger partial charge in [0.1, 0.15) is 0 Å². The van der Waals surface area contributed by atoms with Crippen molar-refractivity contribution in [3.05, 3.63) is 29.8 Å². The molecule has 3 atom stereocenters. The molecule has 1 saturated carbocycles. The van der Waals surface area contributed by atoms with Crippen molar-refractivity contribution in [2.45, 2.75) is 50.8 Å². The highest BCUT2D eigenvalue weighted by Crippen LogP contribution is 2.33. The van der Waals surface area contributed by atoms with Crippen molar-refractivity contribution in [1.82, 2.24) is 0 Å². The second-order valence-corrected chi connectivity index (χ2v) is 5.95. The normalized spacial score (nSPS) is 28.2. The molecule has 1 aliphatic carbocycles. The summed E-state index contributed by atoms with van der Waals surface area (Å²) in [7, 11) is 0. The maximum atomic E-state index is 5.87. The molecule has 19 heavy (non-hydrogen) atoms. The predicted octanol–water partition coefficient (Wildman–Crippen LogP) is 2.33. The molecule has 1 aliphatic heterocycles. The van der Waals surface area contributed by atoms with E-state index < -0.39 is 0 Å². The van der Waals surface area contributed by atoms with Gasteiger partial charge in [0.15, 0.2) is 0 Å². The number of rotatable bonds is 3. The van der Waals surface area contributed by atoms with Crippen LogP contribution in [0.25, 0.3) is 0 Å². The van der Waals surface area contributed by atoms with Crippen LogP contribution in [0.2, 0.25) is 0 Å². The van der Waals surface area contributed by atoms with Gasteiger partial charge in [-0.2, -0.15) is 0 Å². The average molecular weight is 260 g/mol. The van der Waals surface area contributed by atoms with E-state index in [-0.39, 0.29) is 6.04 Å². The third-order valence-electron chi connectivity index (χ3n) is 4.31. The van der Waals surface area contributed by atoms with E-state index in [0.29, 0.717) is 12.1 Å². The minimum atomic E-state index is 0.230. The van der Waals surface area contributed by atoms with Gasteiger partial charge >= 0.3 is 0 Å². The molecule has 3 heteroatoms. The fraction of sp³-hybridized carbons (Fsp3) is 0.625. The Labute approximate surface area is 115 Å². The number of ether oxygens (including phenoxy) is 1. The van der Waals surface area contributed by atoms with Crippen LogP contribution in [-0.4, -0.2) is 31.3 Å². The van der Waals surface area contributed by atoms with Crippen LogP contribution in [0.5, 0.6) is 0 Å². The molecule has 1 aromatic carbocycles. The number of morpholine rings is 1. The van der Waals surface area contributed by atoms with Gasteiger partial charge in [0.2, 0.25) is 0 Å². The molecule has 0 bridgehead atoms. The van der Waals surface area contributed by atoms with Gasteiger partial charge < -0.3 is 15.4 Å². The molecule has 2 fully saturated rings. The van der Waals surface area contributed by atoms with Gasteiger partial charge in [0.05, 0.1) is 18.8 Å². The van der Waals surface area contributed by atoms with Crippen molar-refractivity contribution in [2.75, 3.05) is 18.1 Å². The smallest absolute Gasteiger partial charge is 0.0779 e. The predicted molar refractivity (Wildman–Crippen MR) is 78.5 cm³/mol. The molecule has 2 aliphatic rings. The molecule has 0 radical (unpaired) electrons. The quantitative estimate of drug-likeness (QED) is 0.906. The Hall–Kier alpha value is -1.06. The van der Waals surface area contributed by atoms with Crippen LogP contribution < -0.4 is 10.6 Å². The topological polar surface area (TPSA) is 38.5 Å². The van der Waals surface area contributed by atoms with Gasteiger partial charge in [-0.25, -0.2) is 0 Å². The Balaban J connectivity index is 1.74. The molecule has 2 N–H and O–H groups in total. The van der Waals surface area contributed by atoms with Crippen LogP contribution in [0.4, 0.5) is 5.69 Å². The van der Waals surface area contributed by atoms with Crippen LogP contribution in [0.3, 0.4) is 0 Å². The Morgan fingerprint density at radius 1 is 1.32 bits per heavy atom. The fourth-order valence-electron chi connectivity index (χ4n) is 3.44. The second kappa shape index (κ2) is 5.51. The van der Waals surface area contributed by atoms with E-state index in [1.54, 1.807) is 0 Å². The van der Waals surface area contributed by atoms with Gasteiger partial charge in [-0.15, -0.1) is 0 Å². The monoisotopic (exact) mass is 260 g/mol. The summed E-state index contributed by atoms with van der Waals surface area (Å²) in [5, 5.41) is 0. The Kier molecular flexibility index (Phi) is 3.76. The van der Waals surface area contributed by atoms with Crippen molar-refractivity contribution in [2.24, 2.45) is 5.73 Å². The first kappa shape index (κ1) is 12.9. The summed E-state index contributed by atoms with van der Waals surface area (Å²) in [6, 6.07) is 9.76. The second-order valence-electron chi connectivity index (χ2n) is 5.95. The molecule has 3 rings (SSSR count). The lowest BCUT2D eigenvalue weighted by molar-refractivity contribution is 0.0256. The van der Waals surface area contributed by atoms with E-state index in [1.807, 2.05) is 0 Å². The number of hydrogen-bond donors (Lipinski definition) is 1. The number of fused-ring (bicyclic) bond motifs is 1. The summed E-state index contributed by atoms with van der Waals surface area (Å²) < 4.78 is 5.87. The molecule has 3 unspecified atom stereocenters. The van der Waals surface area contributed by atoms with Gasteiger partial charge in [-0.1, -0.05) is 12.1 Å². The first-order valence-corrected chi connectivity index (χ1v) is 7.47. The number of benzene rings is 1. The minimum Gasteiger partial charge on any atom is -0.374 e. The third kappa shape index (κ3) is 2.77. The first-order chi connectivity index (χ1) is 9.24. The Morgan fingerprint density at radius 2 is 2.11 bits per heavy atom. The van der Waals surface area contributed by atoms with E-state index in [0.717, 1.165) is 19.6 Å². The van der Waals surface area contributed by atoms with Crippen molar-refractivity contribution in [3.63, 3.8) is 0 Å². The molecule has 1 aromatic rings. The molecule has 1 heterocycles. The minimum absolute atomic E-state index is 0.230. The molecule has 0 amide bonds. The van der Waals surface area contributed by atoms with E-state index >= 15 is 0 Å². The van der Waals surface area contributed by atoms with E-state index in [4.69, 9.17) is 10.5 Å². The summed E-state index contributed by atoms with van der Waals surface area (Å²) >= 11 is 0. The lowest BCUT2D eigenvalue weighted by Crippen LogP contribution is -2.48. The molecule has 3 nitrogen and oxygen atoms in total. The number of anilines is 1. The molecule has 1 saturated heterocycles. The summed E-state index contributed by atoms with van der Waals surface area (Å²) in [5.41, 5.74) is 8.52. The number of nitrogens with zero attached hydrogens (tertiary/aromatic N) is 1. The van der Waals surface area contributed by atoms with E-state index in [9.17, 15) is 0 Å². The maximum absolute atomic E-state index is 5.87. The first-order valence-electron chi connectivity index (χ1n) is 7.47. The van der Waals surface area contributed by atoms with E-state index in [1.165, 1.54) is 30.5 Å². The van der Waals surface area contributed by atoms with Crippen LogP contribution >= 0.6 is 0 Å². The highest BCUT2D eigenvalue weighted by Gasteiger charge is 2.35. The average Bonchev–Trinajstić information content (AvgIpc) is 2.87. The largest absolute Gasteiger partial charge is 0.374 e. The SMILES string of the molecule is CC(N)Cc1ccc(N2CCOC3CCCC32)cc1. The van der Waals surface area contributed by atoms with Gasteiger partial charge in [0, 0.05) is 18.3 Å². The zero-order valence-corrected chi connectivity index (χ0v) is 11.7. The van der Waals surface area contributed by atoms with Crippen molar-refractivity contribution in [3.8, 4) is 0 Å². The zero-order valence-electron chi connectivity index (χ0n) is 11.7. The molecular formula is C16H24N2O. The maximum Gasteiger partial charge on any atom is 0.0779 e. The molecule has 104 valence electrons. The lowest BCUT2D eigenvalue weighted by Gasteiger charge is -2.39. The van der Waals surface area contributed by atoms with Crippen molar-refractivity contribution in [1.29, 1.82) is 0 Å². The van der Waals surface area contributed by atoms with Gasteiger partial charge in [0.25, 0.3) is 0 Å². The highest BCUT2D eigenvalue weighted by molar-refractivity contribution is 5.49. The number of hydrogen-bond acceptors (Lipinski definition) is 3.